The number of hydrogen-bond donors (Lipinski definition) is 0. The lowest BCUT2D eigenvalue weighted by Crippen LogP contribution is -2.56. The molecule has 0 saturated carbocycles. The van der Waals surface area contributed by atoms with Gasteiger partial charge in [0.2, 0.25) is 11.8 Å². The highest BCUT2D eigenvalue weighted by Gasteiger charge is 2.73. The van der Waals surface area contributed by atoms with Gasteiger partial charge in [0.25, 0.3) is 5.60 Å². The molecule has 17 heteroatoms. The highest BCUT2D eigenvalue weighted by molar-refractivity contribution is 7.92. The Morgan fingerprint density at radius 3 is 1.88 bits per heavy atom. The van der Waals surface area contributed by atoms with Crippen LogP contribution in [0.25, 0.3) is 0 Å². The van der Waals surface area contributed by atoms with E-state index < -0.39 is 91.0 Å². The van der Waals surface area contributed by atoms with Crippen molar-refractivity contribution < 1.29 is 62.3 Å². The fraction of sp³-hybridized carbons (Fsp3) is 0.429. The number of alkyl halides is 6. The van der Waals surface area contributed by atoms with Crippen molar-refractivity contribution in [1.29, 1.82) is 0 Å². The number of benzene rings is 3. The lowest BCUT2D eigenvalue weighted by Gasteiger charge is -2.44. The van der Waals surface area contributed by atoms with Gasteiger partial charge in [-0.15, -0.1) is 0 Å². The molecule has 3 aromatic rings. The summed E-state index contributed by atoms with van der Waals surface area (Å²) in [7, 11) is -4.64. The van der Waals surface area contributed by atoms with Crippen molar-refractivity contribution in [1.82, 2.24) is 9.80 Å². The first kappa shape index (κ1) is 39.1. The minimum Gasteiger partial charge on any atom is -0.349 e. The Morgan fingerprint density at radius 2 is 1.37 bits per heavy atom. The van der Waals surface area contributed by atoms with Gasteiger partial charge in [-0.25, -0.2) is 21.6 Å². The van der Waals surface area contributed by atoms with E-state index in [1.807, 2.05) is 0 Å². The maximum atomic E-state index is 14.6. The van der Waals surface area contributed by atoms with Gasteiger partial charge in [0.1, 0.15) is 22.2 Å². The number of carbonyl (C=O) groups excluding carboxylic acids is 2. The average molecular weight is 765 g/mol. The molecule has 0 radical (unpaired) electrons. The lowest BCUT2D eigenvalue weighted by atomic mass is 9.85. The van der Waals surface area contributed by atoms with Crippen LogP contribution in [0.3, 0.4) is 0 Å². The van der Waals surface area contributed by atoms with Crippen molar-refractivity contribution in [2.24, 2.45) is 5.92 Å². The van der Waals surface area contributed by atoms with E-state index in [1.165, 1.54) is 11.8 Å². The zero-order valence-corrected chi connectivity index (χ0v) is 28.4. The summed E-state index contributed by atoms with van der Waals surface area (Å²) in [6, 6.07) is 8.08. The quantitative estimate of drug-likeness (QED) is 0.179. The summed E-state index contributed by atoms with van der Waals surface area (Å²) in [6.07, 6.45) is -12.1. The Balaban J connectivity index is 1.59. The van der Waals surface area contributed by atoms with Crippen LogP contribution in [0.2, 0.25) is 0 Å². The molecule has 2 saturated heterocycles. The van der Waals surface area contributed by atoms with Crippen molar-refractivity contribution in [2.45, 2.75) is 66.8 Å². The number of hydrogen-bond acceptors (Lipinski definition) is 5. The Hall–Kier alpha value is -4.12. The molecule has 3 aromatic carbocycles. The van der Waals surface area contributed by atoms with Gasteiger partial charge >= 0.3 is 12.4 Å². The van der Waals surface area contributed by atoms with Crippen molar-refractivity contribution >= 4 is 21.7 Å². The van der Waals surface area contributed by atoms with E-state index in [4.69, 9.17) is 0 Å². The van der Waals surface area contributed by atoms with Crippen LogP contribution in [0.5, 0.6) is 0 Å². The number of piperidine rings is 2. The summed E-state index contributed by atoms with van der Waals surface area (Å²) in [5.41, 5.74) is -8.11. The molecular formula is C35H33F9N2O5S. The number of ether oxygens (including phenoxy) is 1. The zero-order valence-electron chi connectivity index (χ0n) is 27.5. The minimum atomic E-state index is -6.24. The highest BCUT2D eigenvalue weighted by Crippen LogP contribution is 2.54. The third kappa shape index (κ3) is 7.00. The zero-order chi connectivity index (χ0) is 38.3. The number of rotatable bonds is 8. The summed E-state index contributed by atoms with van der Waals surface area (Å²) in [6.45, 7) is -0.266. The molecule has 2 amide bonds. The Morgan fingerprint density at radius 1 is 0.808 bits per heavy atom. The molecule has 52 heavy (non-hydrogen) atoms. The molecule has 2 aliphatic rings. The first-order valence-corrected chi connectivity index (χ1v) is 17.6. The fourth-order valence-electron chi connectivity index (χ4n) is 6.95. The van der Waals surface area contributed by atoms with Crippen LogP contribution in [0.1, 0.15) is 49.3 Å². The summed E-state index contributed by atoms with van der Waals surface area (Å²) >= 11 is 0. The second-order valence-corrected chi connectivity index (χ2v) is 15.1. The smallest absolute Gasteiger partial charge is 0.349 e. The summed E-state index contributed by atoms with van der Waals surface area (Å²) in [4.78, 5) is 28.0. The third-order valence-electron chi connectivity index (χ3n) is 9.81. The van der Waals surface area contributed by atoms with Crippen LogP contribution in [0.4, 0.5) is 39.5 Å². The minimum absolute atomic E-state index is 0.0621. The second-order valence-electron chi connectivity index (χ2n) is 12.8. The van der Waals surface area contributed by atoms with Gasteiger partial charge in [-0.1, -0.05) is 30.3 Å². The maximum absolute atomic E-state index is 14.6. The number of halogens is 9. The van der Waals surface area contributed by atoms with E-state index in [9.17, 15) is 57.5 Å². The van der Waals surface area contributed by atoms with Crippen LogP contribution in [-0.4, -0.2) is 68.6 Å². The second kappa shape index (κ2) is 14.4. The normalized spacial score (nSPS) is 19.5. The fourth-order valence-corrected chi connectivity index (χ4v) is 9.08. The van der Waals surface area contributed by atoms with Gasteiger partial charge in [0, 0.05) is 50.1 Å². The van der Waals surface area contributed by atoms with Crippen LogP contribution in [0.15, 0.2) is 71.6 Å². The molecule has 0 aliphatic carbocycles. The van der Waals surface area contributed by atoms with Gasteiger partial charge in [-0.2, -0.15) is 26.3 Å². The third-order valence-corrected chi connectivity index (χ3v) is 12.3. The summed E-state index contributed by atoms with van der Waals surface area (Å²) in [5, 5.41) is 0. The summed E-state index contributed by atoms with van der Waals surface area (Å²) in [5.74, 6) is -4.86. The van der Waals surface area contributed by atoms with E-state index in [1.54, 1.807) is 4.90 Å². The summed E-state index contributed by atoms with van der Waals surface area (Å²) < 4.78 is 161. The van der Waals surface area contributed by atoms with Gasteiger partial charge in [-0.05, 0) is 67.6 Å². The number of likely N-dealkylation sites (tertiary alicyclic amines) is 2. The van der Waals surface area contributed by atoms with Gasteiger partial charge < -0.3 is 14.5 Å². The Labute approximate surface area is 293 Å². The molecule has 2 fully saturated rings. The molecule has 0 N–H and O–H groups in total. The van der Waals surface area contributed by atoms with E-state index >= 15 is 0 Å². The average Bonchev–Trinajstić information content (AvgIpc) is 3.08. The van der Waals surface area contributed by atoms with Gasteiger partial charge in [0.15, 0.2) is 9.84 Å². The monoisotopic (exact) mass is 764 g/mol. The van der Waals surface area contributed by atoms with Crippen molar-refractivity contribution in [3.63, 3.8) is 0 Å². The molecule has 2 aliphatic heterocycles. The van der Waals surface area contributed by atoms with Gasteiger partial charge in [-0.3, -0.25) is 9.59 Å². The van der Waals surface area contributed by atoms with Crippen LogP contribution >= 0.6 is 0 Å². The van der Waals surface area contributed by atoms with Crippen LogP contribution in [-0.2, 0) is 41.1 Å². The van der Waals surface area contributed by atoms with E-state index in [0.717, 1.165) is 42.5 Å². The molecule has 1 unspecified atom stereocenters. The SMILES string of the molecule is CC(=O)N1CCC(C(=O)N2CCCC(c3ccc(C(OCc4c(F)cccc4F)(C(F)(F)F)C(F)(F)F)cc3)(S(=O)(=O)c3ccc(F)cc3)C2)CC1. The van der Waals surface area contributed by atoms with E-state index in [-0.39, 0.29) is 56.8 Å². The van der Waals surface area contributed by atoms with Crippen molar-refractivity contribution in [3.8, 4) is 0 Å². The topological polar surface area (TPSA) is 84.0 Å². The van der Waals surface area contributed by atoms with Crippen molar-refractivity contribution in [2.75, 3.05) is 26.2 Å². The molecule has 2 heterocycles. The first-order valence-electron chi connectivity index (χ1n) is 16.1. The van der Waals surface area contributed by atoms with Crippen LogP contribution < -0.4 is 0 Å². The maximum Gasteiger partial charge on any atom is 0.430 e. The predicted octanol–water partition coefficient (Wildman–Crippen LogP) is 7.19. The number of nitrogens with zero attached hydrogens (tertiary/aromatic N) is 2. The van der Waals surface area contributed by atoms with E-state index in [2.05, 4.69) is 4.74 Å². The molecule has 5 rings (SSSR count). The molecular weight excluding hydrogens is 731 g/mol. The molecule has 7 nitrogen and oxygen atoms in total. The number of sulfone groups is 1. The lowest BCUT2D eigenvalue weighted by molar-refractivity contribution is -0.392. The molecule has 0 aromatic heterocycles. The first-order chi connectivity index (χ1) is 24.2. The standard InChI is InChI=1S/C35H33F9N2O5S/c1-22(47)45-18-14-23(15-19-45)31(48)46-17-3-16-32(21-46,52(49,50)27-12-10-26(36)11-13-27)24-6-8-25(9-7-24)33(34(39,40)41,35(42,43)44)51-20-28-29(37)4-2-5-30(28)38/h2,4-13,23H,3,14-21H2,1H3. The predicted molar refractivity (Wildman–Crippen MR) is 167 cm³/mol. The molecule has 0 spiro atoms. The molecule has 282 valence electrons. The number of carbonyl (C=O) groups is 2. The van der Waals surface area contributed by atoms with Gasteiger partial charge in [0.05, 0.1) is 11.5 Å². The van der Waals surface area contributed by atoms with E-state index in [0.29, 0.717) is 24.3 Å². The largest absolute Gasteiger partial charge is 0.430 e. The molecule has 1 atom stereocenters. The number of amides is 2. The Kier molecular flexibility index (Phi) is 10.8. The Bertz CT molecular complexity index is 1860. The van der Waals surface area contributed by atoms with Crippen molar-refractivity contribution in [3.05, 3.63) is 101 Å². The highest BCUT2D eigenvalue weighted by atomic mass is 32.2. The van der Waals surface area contributed by atoms with Crippen LogP contribution in [0, 0.1) is 23.4 Å². The molecule has 0 bridgehead atoms.